The fraction of sp³-hybridized carbons (Fsp3) is 1.00. The molecule has 0 rings (SSSR count). The molecule has 2 nitrogen and oxygen atoms in total. The van der Waals surface area contributed by atoms with Gasteiger partial charge in [0.25, 0.3) is 0 Å². The first-order chi connectivity index (χ1) is 5.37. The van der Waals surface area contributed by atoms with Crippen molar-refractivity contribution in [3.05, 3.63) is 0 Å². The van der Waals surface area contributed by atoms with E-state index in [0.29, 0.717) is 6.42 Å². The molecule has 0 saturated heterocycles. The minimum absolute atomic E-state index is 0.391. The fourth-order valence-corrected chi connectivity index (χ4v) is 1.30. The molecule has 0 radical (unpaired) electrons. The maximum absolute atomic E-state index is 9.63. The number of hydrogen-bond acceptors (Lipinski definition) is 2. The predicted molar refractivity (Wildman–Crippen MR) is 50.8 cm³/mol. The summed E-state index contributed by atoms with van der Waals surface area (Å²) < 4.78 is 0. The Morgan fingerprint density at radius 3 is 1.92 bits per heavy atom. The van der Waals surface area contributed by atoms with E-state index in [4.69, 9.17) is 0 Å². The molecule has 12 heavy (non-hydrogen) atoms. The van der Waals surface area contributed by atoms with Gasteiger partial charge in [0.15, 0.2) is 5.79 Å². The zero-order chi connectivity index (χ0) is 9.83. The number of rotatable bonds is 5. The summed E-state index contributed by atoms with van der Waals surface area (Å²) >= 11 is 0. The molecular formula is C10H22O2. The van der Waals surface area contributed by atoms with Gasteiger partial charge in [-0.1, -0.05) is 40.5 Å². The van der Waals surface area contributed by atoms with Crippen LogP contribution < -0.4 is 0 Å². The van der Waals surface area contributed by atoms with Crippen molar-refractivity contribution in [1.29, 1.82) is 0 Å². The van der Waals surface area contributed by atoms with Crippen LogP contribution in [-0.2, 0) is 0 Å². The molecule has 0 spiro atoms. The van der Waals surface area contributed by atoms with Crippen molar-refractivity contribution < 1.29 is 10.2 Å². The van der Waals surface area contributed by atoms with Gasteiger partial charge < -0.3 is 10.2 Å². The van der Waals surface area contributed by atoms with E-state index in [1.165, 1.54) is 0 Å². The molecule has 0 aromatic carbocycles. The Kier molecular flexibility index (Phi) is 4.21. The van der Waals surface area contributed by atoms with Crippen molar-refractivity contribution in [2.75, 3.05) is 0 Å². The van der Waals surface area contributed by atoms with E-state index in [9.17, 15) is 10.2 Å². The van der Waals surface area contributed by atoms with E-state index >= 15 is 0 Å². The van der Waals surface area contributed by atoms with Crippen molar-refractivity contribution in [2.45, 2.75) is 59.2 Å². The fourth-order valence-electron chi connectivity index (χ4n) is 1.30. The van der Waals surface area contributed by atoms with Crippen LogP contribution in [0.3, 0.4) is 0 Å². The molecule has 0 atom stereocenters. The van der Waals surface area contributed by atoms with Crippen LogP contribution >= 0.6 is 0 Å². The number of aliphatic hydroxyl groups is 2. The predicted octanol–water partition coefficient (Wildman–Crippen LogP) is 2.29. The van der Waals surface area contributed by atoms with Crippen molar-refractivity contribution in [3.8, 4) is 0 Å². The van der Waals surface area contributed by atoms with Crippen LogP contribution in [0.15, 0.2) is 0 Å². The SMILES string of the molecule is CCCCC(C)(C)C(O)(O)CC. The van der Waals surface area contributed by atoms with E-state index in [1.807, 2.05) is 13.8 Å². The second-order valence-corrected chi connectivity index (χ2v) is 4.16. The van der Waals surface area contributed by atoms with Crippen molar-refractivity contribution in [1.82, 2.24) is 0 Å². The van der Waals surface area contributed by atoms with Crippen molar-refractivity contribution in [3.63, 3.8) is 0 Å². The highest BCUT2D eigenvalue weighted by molar-refractivity contribution is 4.82. The van der Waals surface area contributed by atoms with Gasteiger partial charge in [-0.2, -0.15) is 0 Å². The first-order valence-corrected chi connectivity index (χ1v) is 4.82. The van der Waals surface area contributed by atoms with Crippen LogP contribution in [-0.4, -0.2) is 16.0 Å². The third-order valence-corrected chi connectivity index (χ3v) is 2.73. The molecule has 2 N–H and O–H groups in total. The lowest BCUT2D eigenvalue weighted by Gasteiger charge is -2.37. The highest BCUT2D eigenvalue weighted by Crippen LogP contribution is 2.36. The van der Waals surface area contributed by atoms with E-state index in [2.05, 4.69) is 6.92 Å². The average Bonchev–Trinajstić information content (AvgIpc) is 2.00. The standard InChI is InChI=1S/C10H22O2/c1-5-7-8-9(3,4)10(11,12)6-2/h11-12H,5-8H2,1-4H3. The summed E-state index contributed by atoms with van der Waals surface area (Å²) in [5.74, 6) is -1.51. The van der Waals surface area contributed by atoms with E-state index in [1.54, 1.807) is 6.92 Å². The summed E-state index contributed by atoms with van der Waals surface area (Å²) in [7, 11) is 0. The minimum atomic E-state index is -1.51. The Morgan fingerprint density at radius 1 is 1.08 bits per heavy atom. The molecule has 0 aliphatic rings. The zero-order valence-electron chi connectivity index (χ0n) is 8.72. The van der Waals surface area contributed by atoms with Gasteiger partial charge in [0.1, 0.15) is 0 Å². The van der Waals surface area contributed by atoms with Gasteiger partial charge in [-0.25, -0.2) is 0 Å². The van der Waals surface area contributed by atoms with E-state index < -0.39 is 11.2 Å². The molecule has 0 heterocycles. The maximum atomic E-state index is 9.63. The lowest BCUT2D eigenvalue weighted by molar-refractivity contribution is -0.236. The second kappa shape index (κ2) is 4.24. The first kappa shape index (κ1) is 11.9. The van der Waals surface area contributed by atoms with Gasteiger partial charge in [0.2, 0.25) is 0 Å². The van der Waals surface area contributed by atoms with Gasteiger partial charge in [0, 0.05) is 5.41 Å². The molecule has 0 unspecified atom stereocenters. The Labute approximate surface area is 75.6 Å². The molecule has 0 aromatic heterocycles. The van der Waals surface area contributed by atoms with Crippen LogP contribution in [0.4, 0.5) is 0 Å². The van der Waals surface area contributed by atoms with Crippen LogP contribution in [0.5, 0.6) is 0 Å². The van der Waals surface area contributed by atoms with Crippen LogP contribution in [0.1, 0.15) is 53.4 Å². The third kappa shape index (κ3) is 2.76. The first-order valence-electron chi connectivity index (χ1n) is 4.82. The average molecular weight is 174 g/mol. The minimum Gasteiger partial charge on any atom is -0.365 e. The van der Waals surface area contributed by atoms with Gasteiger partial charge in [-0.3, -0.25) is 0 Å². The molecule has 0 saturated carbocycles. The van der Waals surface area contributed by atoms with Gasteiger partial charge in [0.05, 0.1) is 0 Å². The Balaban J connectivity index is 4.17. The van der Waals surface area contributed by atoms with E-state index in [0.717, 1.165) is 19.3 Å². The summed E-state index contributed by atoms with van der Waals surface area (Å²) in [6.07, 6.45) is 3.41. The van der Waals surface area contributed by atoms with E-state index in [-0.39, 0.29) is 0 Å². The molecule has 2 heteroatoms. The number of unbranched alkanes of at least 4 members (excludes halogenated alkanes) is 1. The summed E-state index contributed by atoms with van der Waals surface area (Å²) in [4.78, 5) is 0. The lowest BCUT2D eigenvalue weighted by Crippen LogP contribution is -2.43. The summed E-state index contributed by atoms with van der Waals surface area (Å²) in [6.45, 7) is 7.73. The smallest absolute Gasteiger partial charge is 0.167 e. The molecule has 0 bridgehead atoms. The topological polar surface area (TPSA) is 40.5 Å². The monoisotopic (exact) mass is 174 g/mol. The Bertz CT molecular complexity index is 128. The third-order valence-electron chi connectivity index (χ3n) is 2.73. The molecule has 0 fully saturated rings. The molecule has 0 amide bonds. The van der Waals surface area contributed by atoms with Crippen molar-refractivity contribution in [2.24, 2.45) is 5.41 Å². The van der Waals surface area contributed by atoms with Gasteiger partial charge in [-0.15, -0.1) is 0 Å². The molecular weight excluding hydrogens is 152 g/mol. The maximum Gasteiger partial charge on any atom is 0.167 e. The second-order valence-electron chi connectivity index (χ2n) is 4.16. The molecule has 0 aliphatic heterocycles. The molecule has 74 valence electrons. The largest absolute Gasteiger partial charge is 0.365 e. The Hall–Kier alpha value is -0.0800. The highest BCUT2D eigenvalue weighted by Gasteiger charge is 2.39. The molecule has 0 aromatic rings. The summed E-state index contributed by atoms with van der Waals surface area (Å²) in [5.41, 5.74) is -0.391. The summed E-state index contributed by atoms with van der Waals surface area (Å²) in [6, 6.07) is 0. The zero-order valence-corrected chi connectivity index (χ0v) is 8.72. The highest BCUT2D eigenvalue weighted by atomic mass is 16.5. The van der Waals surface area contributed by atoms with Crippen molar-refractivity contribution >= 4 is 0 Å². The number of hydrogen-bond donors (Lipinski definition) is 2. The van der Waals surface area contributed by atoms with Crippen LogP contribution in [0, 0.1) is 5.41 Å². The van der Waals surface area contributed by atoms with Crippen LogP contribution in [0.2, 0.25) is 0 Å². The quantitative estimate of drug-likeness (QED) is 0.628. The lowest BCUT2D eigenvalue weighted by atomic mass is 9.77. The normalized spacial score (nSPS) is 13.5. The van der Waals surface area contributed by atoms with Gasteiger partial charge >= 0.3 is 0 Å². The Morgan fingerprint density at radius 2 is 1.58 bits per heavy atom. The van der Waals surface area contributed by atoms with Gasteiger partial charge in [-0.05, 0) is 12.8 Å². The summed E-state index contributed by atoms with van der Waals surface area (Å²) in [5, 5.41) is 19.3. The van der Waals surface area contributed by atoms with Crippen LogP contribution in [0.25, 0.3) is 0 Å². The molecule has 0 aliphatic carbocycles.